The van der Waals surface area contributed by atoms with E-state index in [0.717, 1.165) is 60.4 Å². The maximum atomic E-state index is 13.5. The first kappa shape index (κ1) is 27.8. The van der Waals surface area contributed by atoms with E-state index >= 15 is 0 Å². The minimum atomic E-state index is -0.815. The van der Waals surface area contributed by atoms with Gasteiger partial charge in [-0.25, -0.2) is 0 Å². The Morgan fingerprint density at radius 2 is 1.90 bits per heavy atom. The number of Topliss-reactive ketones (excluding diaryl/α,β-unsaturated/α-hetero) is 1. The number of aromatic nitrogens is 1. The summed E-state index contributed by atoms with van der Waals surface area (Å²) in [6, 6.07) is 10.2. The fraction of sp³-hybridized carbons (Fsp3) is 0.484. The monoisotopic (exact) mass is 546 g/mol. The molecule has 9 nitrogen and oxygen atoms in total. The first-order chi connectivity index (χ1) is 19.4. The van der Waals surface area contributed by atoms with E-state index in [1.54, 1.807) is 30.5 Å². The number of aryl methyl sites for hydroxylation is 1. The molecule has 2 aromatic heterocycles. The molecule has 4 heterocycles. The van der Waals surface area contributed by atoms with Gasteiger partial charge < -0.3 is 24.7 Å². The highest BCUT2D eigenvalue weighted by Crippen LogP contribution is 2.30. The van der Waals surface area contributed by atoms with Crippen molar-refractivity contribution in [3.63, 3.8) is 0 Å². The summed E-state index contributed by atoms with van der Waals surface area (Å²) in [5.41, 5.74) is 8.20. The Kier molecular flexibility index (Phi) is 8.79. The number of hydrogen-bond donors (Lipinski definition) is 1. The second-order valence-electron chi connectivity index (χ2n) is 11.0. The molecule has 0 unspecified atom stereocenters. The van der Waals surface area contributed by atoms with E-state index in [9.17, 15) is 14.4 Å². The Labute approximate surface area is 234 Å². The number of carbonyl (C=O) groups is 3. The van der Waals surface area contributed by atoms with E-state index in [4.69, 9.17) is 14.9 Å². The van der Waals surface area contributed by atoms with Gasteiger partial charge in [-0.15, -0.1) is 0 Å². The van der Waals surface area contributed by atoms with Crippen LogP contribution >= 0.6 is 0 Å². The molecular formula is C31H38N4O5. The van der Waals surface area contributed by atoms with Crippen LogP contribution in [0.15, 0.2) is 53.2 Å². The molecule has 2 aliphatic heterocycles. The van der Waals surface area contributed by atoms with E-state index in [-0.39, 0.29) is 42.8 Å². The number of pyridine rings is 1. The molecule has 2 aliphatic rings. The zero-order chi connectivity index (χ0) is 28.1. The normalized spacial score (nSPS) is 19.8. The number of benzene rings is 1. The van der Waals surface area contributed by atoms with Gasteiger partial charge in [0.05, 0.1) is 19.2 Å². The van der Waals surface area contributed by atoms with Gasteiger partial charge in [-0.05, 0) is 67.9 Å². The molecule has 2 fully saturated rings. The van der Waals surface area contributed by atoms with Gasteiger partial charge in [0.25, 0.3) is 0 Å². The number of likely N-dealkylation sites (tertiary alicyclic amines) is 2. The molecule has 40 heavy (non-hydrogen) atoms. The summed E-state index contributed by atoms with van der Waals surface area (Å²) >= 11 is 0. The lowest BCUT2D eigenvalue weighted by Gasteiger charge is -2.27. The molecule has 2 saturated heterocycles. The number of carbonyl (C=O) groups excluding carboxylic acids is 3. The molecule has 0 bridgehead atoms. The SMILES string of the molecule is COc1ccc(C[C@@H]2C[C@@H](C(=O)CCc3cc4cnccc4o3)N(C(=O)[C@H](N)CCC(=O)N3CCCC3)C2)cc1. The molecule has 0 saturated carbocycles. The molecule has 3 aromatic rings. The molecule has 0 spiro atoms. The Morgan fingerprint density at radius 3 is 2.62 bits per heavy atom. The van der Waals surface area contributed by atoms with Gasteiger partial charge in [-0.1, -0.05) is 12.1 Å². The number of amides is 2. The smallest absolute Gasteiger partial charge is 0.240 e. The van der Waals surface area contributed by atoms with Crippen LogP contribution in [0, 0.1) is 5.92 Å². The Bertz CT molecular complexity index is 1300. The van der Waals surface area contributed by atoms with Gasteiger partial charge in [0.15, 0.2) is 5.78 Å². The topological polar surface area (TPSA) is 119 Å². The van der Waals surface area contributed by atoms with Gasteiger partial charge in [0, 0.05) is 56.7 Å². The molecule has 2 N–H and O–H groups in total. The van der Waals surface area contributed by atoms with Crippen molar-refractivity contribution < 1.29 is 23.5 Å². The first-order valence-electron chi connectivity index (χ1n) is 14.2. The lowest BCUT2D eigenvalue weighted by atomic mass is 9.94. The van der Waals surface area contributed by atoms with E-state index in [0.29, 0.717) is 19.4 Å². The van der Waals surface area contributed by atoms with E-state index in [2.05, 4.69) is 4.98 Å². The van der Waals surface area contributed by atoms with Gasteiger partial charge in [-0.3, -0.25) is 19.4 Å². The molecule has 9 heteroatoms. The highest BCUT2D eigenvalue weighted by atomic mass is 16.5. The van der Waals surface area contributed by atoms with Gasteiger partial charge in [0.1, 0.15) is 17.1 Å². The van der Waals surface area contributed by atoms with Crippen LogP contribution in [0.1, 0.15) is 49.8 Å². The summed E-state index contributed by atoms with van der Waals surface area (Å²) in [7, 11) is 1.63. The fourth-order valence-corrected chi connectivity index (χ4v) is 5.93. The summed E-state index contributed by atoms with van der Waals surface area (Å²) in [6.45, 7) is 2.02. The number of fused-ring (bicyclic) bond motifs is 1. The second-order valence-corrected chi connectivity index (χ2v) is 11.0. The van der Waals surface area contributed by atoms with E-state index in [1.807, 2.05) is 35.2 Å². The van der Waals surface area contributed by atoms with Crippen LogP contribution in [0.25, 0.3) is 11.0 Å². The van der Waals surface area contributed by atoms with Crippen LogP contribution in [0.2, 0.25) is 0 Å². The lowest BCUT2D eigenvalue weighted by Crippen LogP contribution is -2.49. The third kappa shape index (κ3) is 6.53. The third-order valence-electron chi connectivity index (χ3n) is 8.16. The van der Waals surface area contributed by atoms with Crippen LogP contribution in [-0.4, -0.2) is 71.2 Å². The van der Waals surface area contributed by atoms with Crippen molar-refractivity contribution in [3.8, 4) is 5.75 Å². The molecule has 0 aliphatic carbocycles. The van der Waals surface area contributed by atoms with Crippen LogP contribution in [0.4, 0.5) is 0 Å². The predicted molar refractivity (Wildman–Crippen MR) is 151 cm³/mol. The highest BCUT2D eigenvalue weighted by molar-refractivity contribution is 5.92. The van der Waals surface area contributed by atoms with Crippen molar-refractivity contribution in [2.45, 2.75) is 63.5 Å². The maximum Gasteiger partial charge on any atom is 0.240 e. The van der Waals surface area contributed by atoms with Crippen LogP contribution in [0.3, 0.4) is 0 Å². The minimum Gasteiger partial charge on any atom is -0.497 e. The number of methoxy groups -OCH3 is 1. The number of nitrogens with zero attached hydrogens (tertiary/aromatic N) is 3. The minimum absolute atomic E-state index is 0.00417. The van der Waals surface area contributed by atoms with Gasteiger partial charge in [-0.2, -0.15) is 0 Å². The molecule has 1 aromatic carbocycles. The Morgan fingerprint density at radius 1 is 1.12 bits per heavy atom. The van der Waals surface area contributed by atoms with Gasteiger partial charge in [0.2, 0.25) is 11.8 Å². The number of nitrogens with two attached hydrogens (primary N) is 1. The quantitative estimate of drug-likeness (QED) is 0.391. The fourth-order valence-electron chi connectivity index (χ4n) is 5.93. The standard InChI is InChI=1S/C31H38N4O5/c1-39-24-6-4-21(5-7-24)16-22-17-27(28(36)10-8-25-18-23-19-33-13-12-29(23)40-25)35(20-22)31(38)26(32)9-11-30(37)34-14-2-3-15-34/h4-7,12-13,18-19,22,26-27H,2-3,8-11,14-17,20,32H2,1H3/t22-,26-,27+/m1/s1. The summed E-state index contributed by atoms with van der Waals surface area (Å²) < 4.78 is 11.1. The van der Waals surface area contributed by atoms with Crippen molar-refractivity contribution in [1.82, 2.24) is 14.8 Å². The number of ether oxygens (including phenoxy) is 1. The van der Waals surface area contributed by atoms with Crippen molar-refractivity contribution in [1.29, 1.82) is 0 Å². The summed E-state index contributed by atoms with van der Waals surface area (Å²) in [6.07, 6.45) is 8.03. The number of rotatable bonds is 11. The summed E-state index contributed by atoms with van der Waals surface area (Å²) in [5, 5.41) is 0.900. The predicted octanol–water partition coefficient (Wildman–Crippen LogP) is 3.53. The molecule has 2 amide bonds. The zero-order valence-electron chi connectivity index (χ0n) is 23.1. The highest BCUT2D eigenvalue weighted by Gasteiger charge is 2.40. The third-order valence-corrected chi connectivity index (χ3v) is 8.16. The molecule has 5 rings (SSSR count). The molecular weight excluding hydrogens is 508 g/mol. The largest absolute Gasteiger partial charge is 0.497 e. The maximum absolute atomic E-state index is 13.5. The summed E-state index contributed by atoms with van der Waals surface area (Å²) in [4.78, 5) is 47.2. The number of furan rings is 1. The van der Waals surface area contributed by atoms with E-state index < -0.39 is 12.1 Å². The van der Waals surface area contributed by atoms with Crippen LogP contribution < -0.4 is 10.5 Å². The van der Waals surface area contributed by atoms with Crippen molar-refractivity contribution in [3.05, 3.63) is 60.1 Å². The van der Waals surface area contributed by atoms with Crippen molar-refractivity contribution >= 4 is 28.6 Å². The van der Waals surface area contributed by atoms with Crippen molar-refractivity contribution in [2.24, 2.45) is 11.7 Å². The van der Waals surface area contributed by atoms with Gasteiger partial charge >= 0.3 is 0 Å². The summed E-state index contributed by atoms with van der Waals surface area (Å²) in [5.74, 6) is 1.44. The van der Waals surface area contributed by atoms with E-state index in [1.165, 1.54) is 0 Å². The average Bonchev–Trinajstić information content (AvgIpc) is 3.74. The Balaban J connectivity index is 1.24. The van der Waals surface area contributed by atoms with Crippen LogP contribution in [-0.2, 0) is 27.2 Å². The number of hydrogen-bond acceptors (Lipinski definition) is 7. The zero-order valence-corrected chi connectivity index (χ0v) is 23.1. The van der Waals surface area contributed by atoms with Crippen LogP contribution in [0.5, 0.6) is 5.75 Å². The second kappa shape index (κ2) is 12.6. The Hall–Kier alpha value is -3.72. The molecule has 212 valence electrons. The number of ketones is 1. The lowest BCUT2D eigenvalue weighted by molar-refractivity contribution is -0.139. The molecule has 0 radical (unpaired) electrons. The van der Waals surface area contributed by atoms with Crippen molar-refractivity contribution in [2.75, 3.05) is 26.7 Å². The molecule has 3 atom stereocenters. The average molecular weight is 547 g/mol. The first-order valence-corrected chi connectivity index (χ1v) is 14.2.